The molecule has 1 aliphatic rings. The van der Waals surface area contributed by atoms with Crippen LogP contribution in [0.25, 0.3) is 0 Å². The van der Waals surface area contributed by atoms with E-state index in [0.717, 1.165) is 38.3 Å². The molecule has 2 rings (SSSR count). The summed E-state index contributed by atoms with van der Waals surface area (Å²) in [4.78, 5) is 15.6. The summed E-state index contributed by atoms with van der Waals surface area (Å²) in [6.07, 6.45) is 7.51. The van der Waals surface area contributed by atoms with Crippen LogP contribution in [0.3, 0.4) is 0 Å². The number of hydrogen-bond acceptors (Lipinski definition) is 3. The maximum Gasteiger partial charge on any atom is 0.254 e. The third kappa shape index (κ3) is 3.04. The van der Waals surface area contributed by atoms with E-state index in [1.54, 1.807) is 0 Å². The molecule has 1 amide bonds. The molecule has 1 aliphatic carbocycles. The maximum atomic E-state index is 13.4. The summed E-state index contributed by atoms with van der Waals surface area (Å²) < 4.78 is 13.4. The zero-order chi connectivity index (χ0) is 13.0. The fraction of sp³-hybridized carbons (Fsp3) is 0.538. The largest absolute Gasteiger partial charge is 0.348 e. The standard InChI is InChI=1S/C13H18FN3O/c14-10-8-16-7-6-9(10)13(18)17-12-5-3-1-2-4-11(12)15/h6-8,11-12H,1-5,15H2,(H,17,18). The Labute approximate surface area is 106 Å². The second-order valence-corrected chi connectivity index (χ2v) is 4.74. The van der Waals surface area contributed by atoms with Crippen molar-refractivity contribution in [2.45, 2.75) is 44.2 Å². The molecule has 5 heteroatoms. The van der Waals surface area contributed by atoms with Gasteiger partial charge in [-0.05, 0) is 18.9 Å². The Kier molecular flexibility index (Phi) is 4.25. The van der Waals surface area contributed by atoms with Crippen molar-refractivity contribution in [2.75, 3.05) is 0 Å². The SMILES string of the molecule is NC1CCCCCC1NC(=O)c1ccncc1F. The Bertz CT molecular complexity index is 424. The van der Waals surface area contributed by atoms with E-state index in [0.29, 0.717) is 0 Å². The van der Waals surface area contributed by atoms with Gasteiger partial charge in [-0.15, -0.1) is 0 Å². The third-order valence-corrected chi connectivity index (χ3v) is 3.40. The molecule has 2 unspecified atom stereocenters. The van der Waals surface area contributed by atoms with Crippen molar-refractivity contribution in [3.8, 4) is 0 Å². The molecule has 0 bridgehead atoms. The van der Waals surface area contributed by atoms with Crippen molar-refractivity contribution < 1.29 is 9.18 Å². The van der Waals surface area contributed by atoms with Crippen molar-refractivity contribution in [2.24, 2.45) is 5.73 Å². The molecule has 0 aliphatic heterocycles. The van der Waals surface area contributed by atoms with Gasteiger partial charge in [-0.2, -0.15) is 0 Å². The summed E-state index contributed by atoms with van der Waals surface area (Å²) in [5, 5.41) is 2.83. The fourth-order valence-electron chi connectivity index (χ4n) is 2.32. The van der Waals surface area contributed by atoms with E-state index >= 15 is 0 Å². The molecular formula is C13H18FN3O. The molecule has 0 saturated heterocycles. The predicted octanol–water partition coefficient (Wildman–Crippen LogP) is 1.61. The summed E-state index contributed by atoms with van der Waals surface area (Å²) in [6.45, 7) is 0. The van der Waals surface area contributed by atoms with Crippen LogP contribution in [0.1, 0.15) is 42.5 Å². The highest BCUT2D eigenvalue weighted by Gasteiger charge is 2.23. The highest BCUT2D eigenvalue weighted by molar-refractivity contribution is 5.94. The number of hydrogen-bond donors (Lipinski definition) is 2. The Balaban J connectivity index is 2.04. The number of nitrogens with one attached hydrogen (secondary N) is 1. The molecular weight excluding hydrogens is 233 g/mol. The molecule has 1 fully saturated rings. The first-order chi connectivity index (χ1) is 8.68. The number of nitrogens with zero attached hydrogens (tertiary/aromatic N) is 1. The number of halogens is 1. The molecule has 4 nitrogen and oxygen atoms in total. The Morgan fingerprint density at radius 1 is 1.39 bits per heavy atom. The normalized spacial score (nSPS) is 24.3. The van der Waals surface area contributed by atoms with Gasteiger partial charge in [-0.1, -0.05) is 19.3 Å². The van der Waals surface area contributed by atoms with E-state index in [-0.39, 0.29) is 17.6 Å². The Morgan fingerprint density at radius 3 is 2.94 bits per heavy atom. The van der Waals surface area contributed by atoms with Gasteiger partial charge >= 0.3 is 0 Å². The average Bonchev–Trinajstić information content (AvgIpc) is 2.55. The van der Waals surface area contributed by atoms with Crippen LogP contribution in [0.2, 0.25) is 0 Å². The first-order valence-electron chi connectivity index (χ1n) is 6.34. The molecule has 0 radical (unpaired) electrons. The smallest absolute Gasteiger partial charge is 0.254 e. The van der Waals surface area contributed by atoms with Crippen molar-refractivity contribution in [1.29, 1.82) is 0 Å². The van der Waals surface area contributed by atoms with Crippen LogP contribution < -0.4 is 11.1 Å². The summed E-state index contributed by atoms with van der Waals surface area (Å²) >= 11 is 0. The first kappa shape index (κ1) is 13.0. The van der Waals surface area contributed by atoms with Crippen molar-refractivity contribution in [1.82, 2.24) is 10.3 Å². The maximum absolute atomic E-state index is 13.4. The van der Waals surface area contributed by atoms with E-state index in [1.807, 2.05) is 0 Å². The number of pyridine rings is 1. The van der Waals surface area contributed by atoms with Gasteiger partial charge < -0.3 is 11.1 Å². The van der Waals surface area contributed by atoms with Gasteiger partial charge in [0.2, 0.25) is 0 Å². The van der Waals surface area contributed by atoms with Crippen molar-refractivity contribution >= 4 is 5.91 Å². The third-order valence-electron chi connectivity index (χ3n) is 3.40. The topological polar surface area (TPSA) is 68.0 Å². The van der Waals surface area contributed by atoms with Crippen LogP contribution in [0.5, 0.6) is 0 Å². The molecule has 98 valence electrons. The van der Waals surface area contributed by atoms with Crippen LogP contribution in [0.4, 0.5) is 4.39 Å². The molecule has 1 aromatic heterocycles. The lowest BCUT2D eigenvalue weighted by Crippen LogP contribution is -2.47. The quantitative estimate of drug-likeness (QED) is 0.785. The second kappa shape index (κ2) is 5.91. The van der Waals surface area contributed by atoms with Crippen LogP contribution >= 0.6 is 0 Å². The van der Waals surface area contributed by atoms with Gasteiger partial charge in [0.15, 0.2) is 5.82 Å². The van der Waals surface area contributed by atoms with E-state index in [4.69, 9.17) is 5.73 Å². The summed E-state index contributed by atoms with van der Waals surface area (Å²) in [7, 11) is 0. The Hall–Kier alpha value is -1.49. The Morgan fingerprint density at radius 2 is 2.17 bits per heavy atom. The highest BCUT2D eigenvalue weighted by atomic mass is 19.1. The van der Waals surface area contributed by atoms with Gasteiger partial charge in [-0.25, -0.2) is 4.39 Å². The zero-order valence-electron chi connectivity index (χ0n) is 10.2. The minimum Gasteiger partial charge on any atom is -0.348 e. The predicted molar refractivity (Wildman–Crippen MR) is 66.5 cm³/mol. The molecule has 1 heterocycles. The zero-order valence-corrected chi connectivity index (χ0v) is 10.2. The van der Waals surface area contributed by atoms with Crippen molar-refractivity contribution in [3.63, 3.8) is 0 Å². The molecule has 2 atom stereocenters. The number of aromatic nitrogens is 1. The van der Waals surface area contributed by atoms with Crippen LogP contribution in [-0.4, -0.2) is 23.0 Å². The average molecular weight is 251 g/mol. The number of carbonyl (C=O) groups is 1. The number of carbonyl (C=O) groups excluding carboxylic acids is 1. The minimum absolute atomic E-state index is 0.0291. The van der Waals surface area contributed by atoms with Gasteiger partial charge in [0, 0.05) is 18.3 Å². The van der Waals surface area contributed by atoms with Crippen LogP contribution in [-0.2, 0) is 0 Å². The van der Waals surface area contributed by atoms with Crippen LogP contribution in [0.15, 0.2) is 18.5 Å². The summed E-state index contributed by atoms with van der Waals surface area (Å²) in [5.41, 5.74) is 6.05. The van der Waals surface area contributed by atoms with Gasteiger partial charge in [0.05, 0.1) is 11.8 Å². The van der Waals surface area contributed by atoms with Gasteiger partial charge in [0.25, 0.3) is 5.91 Å². The van der Waals surface area contributed by atoms with E-state index in [2.05, 4.69) is 10.3 Å². The minimum atomic E-state index is -0.600. The number of amides is 1. The summed E-state index contributed by atoms with van der Waals surface area (Å²) in [5.74, 6) is -1.01. The van der Waals surface area contributed by atoms with E-state index in [9.17, 15) is 9.18 Å². The van der Waals surface area contributed by atoms with Gasteiger partial charge in [-0.3, -0.25) is 9.78 Å². The molecule has 0 aromatic carbocycles. The van der Waals surface area contributed by atoms with Gasteiger partial charge in [0.1, 0.15) is 0 Å². The van der Waals surface area contributed by atoms with E-state index < -0.39 is 11.7 Å². The molecule has 3 N–H and O–H groups in total. The molecule has 1 saturated carbocycles. The lowest BCUT2D eigenvalue weighted by molar-refractivity contribution is 0.0924. The second-order valence-electron chi connectivity index (χ2n) is 4.74. The van der Waals surface area contributed by atoms with Crippen molar-refractivity contribution in [3.05, 3.63) is 29.8 Å². The first-order valence-corrected chi connectivity index (χ1v) is 6.34. The highest BCUT2D eigenvalue weighted by Crippen LogP contribution is 2.17. The monoisotopic (exact) mass is 251 g/mol. The number of nitrogens with two attached hydrogens (primary N) is 1. The van der Waals surface area contributed by atoms with Crippen LogP contribution in [0, 0.1) is 5.82 Å². The lowest BCUT2D eigenvalue weighted by atomic mass is 10.0. The lowest BCUT2D eigenvalue weighted by Gasteiger charge is -2.22. The molecule has 18 heavy (non-hydrogen) atoms. The fourth-order valence-corrected chi connectivity index (χ4v) is 2.32. The van der Waals surface area contributed by atoms with E-state index in [1.165, 1.54) is 12.3 Å². The molecule has 1 aromatic rings. The number of rotatable bonds is 2. The summed E-state index contributed by atoms with van der Waals surface area (Å²) in [6, 6.07) is 1.28. The molecule has 0 spiro atoms.